The SMILES string of the molecule is CC1(C)C(C(=O)Nc2sc3c(c2C(=O)NCc2cccnc2)CCOC3)C1(C)C. The first-order chi connectivity index (χ1) is 13.7. The van der Waals surface area contributed by atoms with Gasteiger partial charge in [0.25, 0.3) is 5.91 Å². The van der Waals surface area contributed by atoms with Gasteiger partial charge in [0.05, 0.1) is 18.8 Å². The van der Waals surface area contributed by atoms with Gasteiger partial charge >= 0.3 is 0 Å². The van der Waals surface area contributed by atoms with Crippen molar-refractivity contribution in [2.24, 2.45) is 16.7 Å². The molecule has 2 aromatic heterocycles. The number of anilines is 1. The minimum absolute atomic E-state index is 0.0131. The van der Waals surface area contributed by atoms with Crippen LogP contribution in [0.1, 0.15) is 54.1 Å². The molecule has 29 heavy (non-hydrogen) atoms. The van der Waals surface area contributed by atoms with Crippen molar-refractivity contribution in [2.45, 2.75) is 47.3 Å². The van der Waals surface area contributed by atoms with Gasteiger partial charge in [-0.05, 0) is 34.4 Å². The Labute approximate surface area is 175 Å². The number of nitrogens with one attached hydrogen (secondary N) is 2. The largest absolute Gasteiger partial charge is 0.376 e. The Bertz CT molecular complexity index is 936. The first-order valence-electron chi connectivity index (χ1n) is 9.93. The molecule has 2 N–H and O–H groups in total. The Hall–Kier alpha value is -2.25. The van der Waals surface area contributed by atoms with Gasteiger partial charge in [-0.1, -0.05) is 33.8 Å². The summed E-state index contributed by atoms with van der Waals surface area (Å²) in [7, 11) is 0. The Morgan fingerprint density at radius 2 is 2.03 bits per heavy atom. The number of amides is 2. The van der Waals surface area contributed by atoms with Crippen LogP contribution < -0.4 is 10.6 Å². The fourth-order valence-corrected chi connectivity index (χ4v) is 5.56. The zero-order valence-electron chi connectivity index (χ0n) is 17.3. The Kier molecular flexibility index (Phi) is 4.99. The standard InChI is InChI=1S/C22H27N3O3S/c1-21(2)17(22(21,3)4)19(27)25-20-16(14-7-9-28-12-15(14)29-20)18(26)24-11-13-6-5-8-23-10-13/h5-6,8,10,17H,7,9,11-12H2,1-4H3,(H,24,26)(H,25,27). The summed E-state index contributed by atoms with van der Waals surface area (Å²) in [6, 6.07) is 3.76. The molecule has 0 saturated heterocycles. The summed E-state index contributed by atoms with van der Waals surface area (Å²) < 4.78 is 5.56. The number of hydrogen-bond acceptors (Lipinski definition) is 5. The highest BCUT2D eigenvalue weighted by Crippen LogP contribution is 2.68. The summed E-state index contributed by atoms with van der Waals surface area (Å²) >= 11 is 1.46. The molecule has 2 aliphatic rings. The molecule has 0 bridgehead atoms. The quantitative estimate of drug-likeness (QED) is 0.782. The summed E-state index contributed by atoms with van der Waals surface area (Å²) in [6.45, 7) is 9.93. The highest BCUT2D eigenvalue weighted by Gasteiger charge is 2.68. The number of pyridine rings is 1. The average molecular weight is 414 g/mol. The van der Waals surface area contributed by atoms with Crippen molar-refractivity contribution in [3.8, 4) is 0 Å². The molecule has 0 spiro atoms. The van der Waals surface area contributed by atoms with Gasteiger partial charge < -0.3 is 15.4 Å². The number of fused-ring (bicyclic) bond motifs is 1. The maximum atomic E-state index is 13.1. The summed E-state index contributed by atoms with van der Waals surface area (Å²) in [4.78, 5) is 31.2. The summed E-state index contributed by atoms with van der Waals surface area (Å²) in [6.07, 6.45) is 4.12. The van der Waals surface area contributed by atoms with Crippen LogP contribution in [-0.4, -0.2) is 23.4 Å². The Morgan fingerprint density at radius 1 is 1.28 bits per heavy atom. The highest BCUT2D eigenvalue weighted by molar-refractivity contribution is 7.17. The molecule has 1 aliphatic heterocycles. The Morgan fingerprint density at radius 3 is 2.69 bits per heavy atom. The molecule has 1 fully saturated rings. The number of nitrogens with zero attached hydrogens (tertiary/aromatic N) is 1. The smallest absolute Gasteiger partial charge is 0.254 e. The van der Waals surface area contributed by atoms with E-state index in [4.69, 9.17) is 4.74 Å². The number of hydrogen-bond donors (Lipinski definition) is 2. The fraction of sp³-hybridized carbons (Fsp3) is 0.500. The van der Waals surface area contributed by atoms with Crippen LogP contribution in [0.15, 0.2) is 24.5 Å². The van der Waals surface area contributed by atoms with Crippen LogP contribution in [0.2, 0.25) is 0 Å². The second-order valence-corrected chi connectivity index (χ2v) is 10.0. The first kappa shape index (κ1) is 20.0. The number of aromatic nitrogens is 1. The molecule has 2 aromatic rings. The second-order valence-electron chi connectivity index (χ2n) is 8.92. The third kappa shape index (κ3) is 3.46. The first-order valence-corrected chi connectivity index (χ1v) is 10.8. The van der Waals surface area contributed by atoms with Crippen LogP contribution in [0.25, 0.3) is 0 Å². The van der Waals surface area contributed by atoms with E-state index in [9.17, 15) is 9.59 Å². The van der Waals surface area contributed by atoms with Crippen molar-refractivity contribution in [1.82, 2.24) is 10.3 Å². The van der Waals surface area contributed by atoms with Gasteiger partial charge in [0.1, 0.15) is 5.00 Å². The molecule has 2 amide bonds. The minimum Gasteiger partial charge on any atom is -0.376 e. The molecular weight excluding hydrogens is 386 g/mol. The molecule has 7 heteroatoms. The molecule has 6 nitrogen and oxygen atoms in total. The molecule has 154 valence electrons. The van der Waals surface area contributed by atoms with E-state index in [1.165, 1.54) is 11.3 Å². The number of rotatable bonds is 5. The van der Waals surface area contributed by atoms with Crippen molar-refractivity contribution in [3.05, 3.63) is 46.1 Å². The summed E-state index contributed by atoms with van der Waals surface area (Å²) in [5.41, 5.74) is 2.40. The average Bonchev–Trinajstić information content (AvgIpc) is 2.95. The predicted molar refractivity (Wildman–Crippen MR) is 113 cm³/mol. The van der Waals surface area contributed by atoms with Crippen molar-refractivity contribution in [1.29, 1.82) is 0 Å². The lowest BCUT2D eigenvalue weighted by Crippen LogP contribution is -2.26. The minimum atomic E-state index is -0.169. The van der Waals surface area contributed by atoms with Crippen LogP contribution in [0, 0.1) is 16.7 Å². The van der Waals surface area contributed by atoms with Gasteiger partial charge in [0.15, 0.2) is 0 Å². The second kappa shape index (κ2) is 7.22. The molecule has 0 radical (unpaired) electrons. The van der Waals surface area contributed by atoms with Crippen molar-refractivity contribution >= 4 is 28.2 Å². The number of ether oxygens (including phenoxy) is 1. The number of carbonyl (C=O) groups is 2. The van der Waals surface area contributed by atoms with Gasteiger partial charge in [-0.15, -0.1) is 11.3 Å². The zero-order chi connectivity index (χ0) is 20.8. The topological polar surface area (TPSA) is 80.3 Å². The molecule has 0 aromatic carbocycles. The monoisotopic (exact) mass is 413 g/mol. The maximum Gasteiger partial charge on any atom is 0.254 e. The van der Waals surface area contributed by atoms with Gasteiger partial charge in [0.2, 0.25) is 5.91 Å². The van der Waals surface area contributed by atoms with Crippen LogP contribution >= 0.6 is 11.3 Å². The number of carbonyl (C=O) groups excluding carboxylic acids is 2. The van der Waals surface area contributed by atoms with Gasteiger partial charge in [-0.3, -0.25) is 14.6 Å². The van der Waals surface area contributed by atoms with Crippen molar-refractivity contribution < 1.29 is 14.3 Å². The fourth-order valence-electron chi connectivity index (χ4n) is 4.37. The Balaban J connectivity index is 1.57. The maximum absolute atomic E-state index is 13.1. The van der Waals surface area contributed by atoms with E-state index in [0.29, 0.717) is 36.7 Å². The van der Waals surface area contributed by atoms with Crippen LogP contribution in [0.4, 0.5) is 5.00 Å². The molecule has 1 aliphatic carbocycles. The third-order valence-electron chi connectivity index (χ3n) is 6.74. The van der Waals surface area contributed by atoms with Gasteiger partial charge in [-0.25, -0.2) is 0 Å². The molecule has 0 atom stereocenters. The lowest BCUT2D eigenvalue weighted by molar-refractivity contribution is -0.118. The normalized spacial score (nSPS) is 19.3. The predicted octanol–water partition coefficient (Wildman–Crippen LogP) is 3.77. The van der Waals surface area contributed by atoms with E-state index in [0.717, 1.165) is 16.0 Å². The molecule has 3 heterocycles. The van der Waals surface area contributed by atoms with E-state index in [2.05, 4.69) is 43.3 Å². The molecular formula is C22H27N3O3S. The third-order valence-corrected chi connectivity index (χ3v) is 7.86. The van der Waals surface area contributed by atoms with Gasteiger partial charge in [0, 0.05) is 29.7 Å². The highest BCUT2D eigenvalue weighted by atomic mass is 32.1. The van der Waals surface area contributed by atoms with E-state index in [1.54, 1.807) is 12.4 Å². The lowest BCUT2D eigenvalue weighted by atomic mass is 10.0. The summed E-state index contributed by atoms with van der Waals surface area (Å²) in [5, 5.41) is 6.68. The summed E-state index contributed by atoms with van der Waals surface area (Å²) in [5.74, 6) is -0.254. The lowest BCUT2D eigenvalue weighted by Gasteiger charge is -2.14. The number of thiophene rings is 1. The van der Waals surface area contributed by atoms with E-state index >= 15 is 0 Å². The molecule has 4 rings (SSSR count). The van der Waals surface area contributed by atoms with Crippen molar-refractivity contribution in [3.63, 3.8) is 0 Å². The van der Waals surface area contributed by atoms with E-state index in [-0.39, 0.29) is 28.6 Å². The molecule has 1 saturated carbocycles. The van der Waals surface area contributed by atoms with Crippen molar-refractivity contribution in [2.75, 3.05) is 11.9 Å². The molecule has 0 unspecified atom stereocenters. The van der Waals surface area contributed by atoms with Crippen LogP contribution in [-0.2, 0) is 29.1 Å². The van der Waals surface area contributed by atoms with Crippen LogP contribution in [0.5, 0.6) is 0 Å². The van der Waals surface area contributed by atoms with Gasteiger partial charge in [-0.2, -0.15) is 0 Å². The van der Waals surface area contributed by atoms with E-state index < -0.39 is 0 Å². The van der Waals surface area contributed by atoms with E-state index in [1.807, 2.05) is 12.1 Å². The van der Waals surface area contributed by atoms with Crippen LogP contribution in [0.3, 0.4) is 0 Å². The zero-order valence-corrected chi connectivity index (χ0v) is 18.1.